The molecule has 0 aromatic carbocycles. The number of unbranched alkanes of at least 4 members (excludes halogenated alkanes) is 1. The SMILES string of the molecule is CCCCC(NC(=O)N1CCn2ccnc2C1)C(=O)O. The van der Waals surface area contributed by atoms with Gasteiger partial charge >= 0.3 is 12.0 Å². The van der Waals surface area contributed by atoms with Crippen molar-refractivity contribution in [3.05, 3.63) is 18.2 Å². The van der Waals surface area contributed by atoms with Crippen molar-refractivity contribution in [3.8, 4) is 0 Å². The summed E-state index contributed by atoms with van der Waals surface area (Å²) in [5, 5.41) is 11.7. The lowest BCUT2D eigenvalue weighted by Crippen LogP contribution is -2.49. The maximum Gasteiger partial charge on any atom is 0.326 e. The number of hydrogen-bond donors (Lipinski definition) is 2. The van der Waals surface area contributed by atoms with Gasteiger partial charge in [-0.1, -0.05) is 19.8 Å². The summed E-state index contributed by atoms with van der Waals surface area (Å²) in [4.78, 5) is 29.0. The third-order valence-electron chi connectivity index (χ3n) is 3.47. The number of aliphatic carboxylic acids is 1. The van der Waals surface area contributed by atoms with Crippen LogP contribution >= 0.6 is 0 Å². The number of carboxylic acids is 1. The van der Waals surface area contributed by atoms with Crippen molar-refractivity contribution in [2.45, 2.75) is 45.3 Å². The molecule has 1 atom stereocenters. The molecule has 2 rings (SSSR count). The Bertz CT molecular complexity index is 486. The largest absolute Gasteiger partial charge is 0.480 e. The molecule has 0 saturated carbocycles. The summed E-state index contributed by atoms with van der Waals surface area (Å²) < 4.78 is 2.00. The van der Waals surface area contributed by atoms with E-state index in [0.717, 1.165) is 18.7 Å². The van der Waals surface area contributed by atoms with Crippen LogP contribution in [0.5, 0.6) is 0 Å². The van der Waals surface area contributed by atoms with Crippen molar-refractivity contribution >= 4 is 12.0 Å². The fourth-order valence-electron chi connectivity index (χ4n) is 2.25. The van der Waals surface area contributed by atoms with Crippen molar-refractivity contribution in [1.82, 2.24) is 19.8 Å². The second kappa shape index (κ2) is 6.40. The summed E-state index contributed by atoms with van der Waals surface area (Å²) >= 11 is 0. The van der Waals surface area contributed by atoms with Crippen LogP contribution in [-0.2, 0) is 17.9 Å². The molecule has 110 valence electrons. The van der Waals surface area contributed by atoms with E-state index in [1.165, 1.54) is 0 Å². The van der Waals surface area contributed by atoms with Crippen LogP contribution in [0.1, 0.15) is 32.0 Å². The minimum Gasteiger partial charge on any atom is -0.480 e. The molecule has 0 fully saturated rings. The third kappa shape index (κ3) is 3.28. The van der Waals surface area contributed by atoms with Crippen LogP contribution in [0.2, 0.25) is 0 Å². The summed E-state index contributed by atoms with van der Waals surface area (Å²) in [7, 11) is 0. The number of carbonyl (C=O) groups excluding carboxylic acids is 1. The number of nitrogens with zero attached hydrogens (tertiary/aromatic N) is 3. The number of imidazole rings is 1. The minimum atomic E-state index is -0.981. The molecule has 2 N–H and O–H groups in total. The normalized spacial score (nSPS) is 15.6. The quantitative estimate of drug-likeness (QED) is 0.844. The number of nitrogens with one attached hydrogen (secondary N) is 1. The Kier molecular flexibility index (Phi) is 4.60. The Labute approximate surface area is 117 Å². The molecule has 0 bridgehead atoms. The molecule has 20 heavy (non-hydrogen) atoms. The molecule has 2 heterocycles. The van der Waals surface area contributed by atoms with Gasteiger partial charge in [0.05, 0.1) is 6.54 Å². The molecule has 1 aliphatic rings. The van der Waals surface area contributed by atoms with E-state index in [-0.39, 0.29) is 6.03 Å². The van der Waals surface area contributed by atoms with Gasteiger partial charge in [-0.3, -0.25) is 0 Å². The van der Waals surface area contributed by atoms with Crippen LogP contribution in [0.15, 0.2) is 12.4 Å². The highest BCUT2D eigenvalue weighted by Crippen LogP contribution is 2.11. The van der Waals surface area contributed by atoms with Gasteiger partial charge < -0.3 is 19.9 Å². The number of carbonyl (C=O) groups is 2. The molecule has 0 aliphatic carbocycles. The smallest absolute Gasteiger partial charge is 0.326 e. The van der Waals surface area contributed by atoms with Crippen molar-refractivity contribution in [1.29, 1.82) is 0 Å². The number of rotatable bonds is 5. The van der Waals surface area contributed by atoms with E-state index in [0.29, 0.717) is 26.1 Å². The van der Waals surface area contributed by atoms with Crippen molar-refractivity contribution < 1.29 is 14.7 Å². The van der Waals surface area contributed by atoms with Crippen molar-refractivity contribution in [3.63, 3.8) is 0 Å². The number of urea groups is 1. The van der Waals surface area contributed by atoms with Crippen LogP contribution < -0.4 is 5.32 Å². The molecule has 0 saturated heterocycles. The summed E-state index contributed by atoms with van der Waals surface area (Å²) in [6, 6.07) is -1.15. The summed E-state index contributed by atoms with van der Waals surface area (Å²) in [5.74, 6) is -0.155. The Morgan fingerprint density at radius 2 is 2.30 bits per heavy atom. The van der Waals surface area contributed by atoms with Gasteiger partial charge in [0.1, 0.15) is 11.9 Å². The first-order valence-corrected chi connectivity index (χ1v) is 6.90. The number of amides is 2. The Balaban J connectivity index is 1.92. The van der Waals surface area contributed by atoms with Gasteiger partial charge in [0.15, 0.2) is 0 Å². The van der Waals surface area contributed by atoms with Crippen LogP contribution in [0.25, 0.3) is 0 Å². The van der Waals surface area contributed by atoms with Gasteiger partial charge in [0.2, 0.25) is 0 Å². The van der Waals surface area contributed by atoms with Gasteiger partial charge in [-0.25, -0.2) is 14.6 Å². The average molecular weight is 280 g/mol. The number of hydrogen-bond acceptors (Lipinski definition) is 3. The second-order valence-corrected chi connectivity index (χ2v) is 4.94. The highest BCUT2D eigenvalue weighted by atomic mass is 16.4. The first-order chi connectivity index (χ1) is 9.61. The van der Waals surface area contributed by atoms with Crippen LogP contribution in [0, 0.1) is 0 Å². The lowest BCUT2D eigenvalue weighted by atomic mass is 10.1. The van der Waals surface area contributed by atoms with Gasteiger partial charge in [-0.15, -0.1) is 0 Å². The summed E-state index contributed by atoms with van der Waals surface area (Å²) in [5.41, 5.74) is 0. The maximum absolute atomic E-state index is 12.1. The number of aromatic nitrogens is 2. The van der Waals surface area contributed by atoms with E-state index in [1.807, 2.05) is 17.7 Å². The first-order valence-electron chi connectivity index (χ1n) is 6.90. The standard InChI is InChI=1S/C13H20N4O3/c1-2-3-4-10(12(18)19)15-13(20)17-8-7-16-6-5-14-11(16)9-17/h5-6,10H,2-4,7-9H2,1H3,(H,15,20)(H,18,19). The molecule has 2 amide bonds. The molecular weight excluding hydrogens is 260 g/mol. The zero-order valence-electron chi connectivity index (χ0n) is 11.6. The van der Waals surface area contributed by atoms with Gasteiger partial charge in [-0.2, -0.15) is 0 Å². The van der Waals surface area contributed by atoms with E-state index in [1.54, 1.807) is 11.1 Å². The molecule has 1 aromatic heterocycles. The predicted octanol–water partition coefficient (Wildman–Crippen LogP) is 1.05. The van der Waals surface area contributed by atoms with Gasteiger partial charge in [-0.05, 0) is 6.42 Å². The van der Waals surface area contributed by atoms with Crippen molar-refractivity contribution in [2.75, 3.05) is 6.54 Å². The fraction of sp³-hybridized carbons (Fsp3) is 0.615. The van der Waals surface area contributed by atoms with Gasteiger partial charge in [0.25, 0.3) is 0 Å². The molecule has 0 radical (unpaired) electrons. The average Bonchev–Trinajstić information content (AvgIpc) is 2.90. The third-order valence-corrected chi connectivity index (χ3v) is 3.47. The number of fused-ring (bicyclic) bond motifs is 1. The van der Waals surface area contributed by atoms with Crippen LogP contribution in [0.3, 0.4) is 0 Å². The zero-order chi connectivity index (χ0) is 14.5. The van der Waals surface area contributed by atoms with Crippen LogP contribution in [-0.4, -0.2) is 44.1 Å². The number of carboxylic acid groups (broad SMARTS) is 1. The van der Waals surface area contributed by atoms with Crippen LogP contribution in [0.4, 0.5) is 4.79 Å². The lowest BCUT2D eigenvalue weighted by Gasteiger charge is -2.29. The topological polar surface area (TPSA) is 87.5 Å². The Morgan fingerprint density at radius 1 is 1.50 bits per heavy atom. The molecule has 7 nitrogen and oxygen atoms in total. The Hall–Kier alpha value is -2.05. The summed E-state index contributed by atoms with van der Waals surface area (Å²) in [6.07, 6.45) is 5.73. The lowest BCUT2D eigenvalue weighted by molar-refractivity contribution is -0.139. The van der Waals surface area contributed by atoms with E-state index < -0.39 is 12.0 Å². The molecule has 0 spiro atoms. The monoisotopic (exact) mass is 280 g/mol. The maximum atomic E-state index is 12.1. The molecular formula is C13H20N4O3. The van der Waals surface area contributed by atoms with E-state index in [4.69, 9.17) is 5.11 Å². The Morgan fingerprint density at radius 3 is 3.00 bits per heavy atom. The van der Waals surface area contributed by atoms with E-state index >= 15 is 0 Å². The van der Waals surface area contributed by atoms with E-state index in [9.17, 15) is 9.59 Å². The highest BCUT2D eigenvalue weighted by Gasteiger charge is 2.25. The highest BCUT2D eigenvalue weighted by molar-refractivity contribution is 5.82. The first kappa shape index (κ1) is 14.4. The molecule has 1 unspecified atom stereocenters. The zero-order valence-corrected chi connectivity index (χ0v) is 11.6. The van der Waals surface area contributed by atoms with Crippen molar-refractivity contribution in [2.24, 2.45) is 0 Å². The molecule has 7 heteroatoms. The fourth-order valence-corrected chi connectivity index (χ4v) is 2.25. The molecule has 1 aliphatic heterocycles. The van der Waals surface area contributed by atoms with E-state index in [2.05, 4.69) is 10.3 Å². The second-order valence-electron chi connectivity index (χ2n) is 4.94. The van der Waals surface area contributed by atoms with Gasteiger partial charge in [0, 0.05) is 25.5 Å². The summed E-state index contributed by atoms with van der Waals surface area (Å²) in [6.45, 7) is 3.66. The minimum absolute atomic E-state index is 0.331. The molecule has 1 aromatic rings. The predicted molar refractivity (Wildman–Crippen MR) is 72.1 cm³/mol.